The molecule has 3 amide bonds. The standard InChI is InChI=1S/C28H25N3O3S/c32-26(30-17-15-29(16-18-30)24-9-5-2-6-10-24)20-31-27(33)25(35-28(31)34)19-21-11-13-23(14-12-21)22-7-3-1-4-8-22/h1-14,19H,15-18,20H2/b25-19-. The fourth-order valence-corrected chi connectivity index (χ4v) is 5.12. The Morgan fingerprint density at radius 3 is 2.03 bits per heavy atom. The van der Waals surface area contributed by atoms with Gasteiger partial charge in [-0.1, -0.05) is 72.8 Å². The van der Waals surface area contributed by atoms with Gasteiger partial charge >= 0.3 is 0 Å². The molecule has 2 saturated heterocycles. The number of rotatable bonds is 5. The molecule has 2 aliphatic heterocycles. The van der Waals surface area contributed by atoms with E-state index in [1.807, 2.05) is 72.8 Å². The van der Waals surface area contributed by atoms with Crippen LogP contribution >= 0.6 is 11.8 Å². The molecule has 3 aromatic rings. The molecule has 0 radical (unpaired) electrons. The highest BCUT2D eigenvalue weighted by Gasteiger charge is 2.37. The molecule has 2 aliphatic rings. The summed E-state index contributed by atoms with van der Waals surface area (Å²) in [6, 6.07) is 28.0. The number of benzene rings is 3. The maximum atomic E-state index is 12.9. The van der Waals surface area contributed by atoms with Gasteiger partial charge in [-0.15, -0.1) is 0 Å². The maximum Gasteiger partial charge on any atom is 0.294 e. The second-order valence-electron chi connectivity index (χ2n) is 8.46. The zero-order valence-electron chi connectivity index (χ0n) is 19.2. The number of carbonyl (C=O) groups is 3. The summed E-state index contributed by atoms with van der Waals surface area (Å²) in [6.45, 7) is 2.34. The van der Waals surface area contributed by atoms with E-state index in [1.54, 1.807) is 11.0 Å². The van der Waals surface area contributed by atoms with Crippen LogP contribution in [0.4, 0.5) is 10.5 Å². The largest absolute Gasteiger partial charge is 0.368 e. The molecule has 0 unspecified atom stereocenters. The van der Waals surface area contributed by atoms with E-state index < -0.39 is 11.1 Å². The molecule has 7 heteroatoms. The first kappa shape index (κ1) is 22.9. The number of hydrogen-bond acceptors (Lipinski definition) is 5. The minimum Gasteiger partial charge on any atom is -0.368 e. The molecular formula is C28H25N3O3S. The Kier molecular flexibility index (Phi) is 6.68. The van der Waals surface area contributed by atoms with Crippen molar-refractivity contribution in [1.29, 1.82) is 0 Å². The lowest BCUT2D eigenvalue weighted by Crippen LogP contribution is -2.51. The zero-order valence-corrected chi connectivity index (χ0v) is 20.0. The lowest BCUT2D eigenvalue weighted by atomic mass is 10.0. The van der Waals surface area contributed by atoms with Crippen LogP contribution in [0.1, 0.15) is 5.56 Å². The molecule has 5 rings (SSSR count). The zero-order chi connectivity index (χ0) is 24.2. The Bertz CT molecular complexity index is 1250. The molecule has 0 bridgehead atoms. The summed E-state index contributed by atoms with van der Waals surface area (Å²) >= 11 is 0.883. The predicted molar refractivity (Wildman–Crippen MR) is 140 cm³/mol. The van der Waals surface area contributed by atoms with Gasteiger partial charge in [-0.25, -0.2) is 0 Å². The Labute approximate surface area is 208 Å². The van der Waals surface area contributed by atoms with E-state index in [1.165, 1.54) is 0 Å². The highest BCUT2D eigenvalue weighted by atomic mass is 32.2. The number of carbonyl (C=O) groups excluding carboxylic acids is 3. The molecule has 0 spiro atoms. The van der Waals surface area contributed by atoms with Crippen molar-refractivity contribution in [2.24, 2.45) is 0 Å². The van der Waals surface area contributed by atoms with E-state index >= 15 is 0 Å². The first-order valence-corrected chi connectivity index (χ1v) is 12.4. The van der Waals surface area contributed by atoms with Crippen LogP contribution in [0.3, 0.4) is 0 Å². The Morgan fingerprint density at radius 2 is 1.37 bits per heavy atom. The molecule has 0 aliphatic carbocycles. The van der Waals surface area contributed by atoms with Crippen LogP contribution in [0.25, 0.3) is 17.2 Å². The average molecular weight is 484 g/mol. The first-order valence-electron chi connectivity index (χ1n) is 11.6. The van der Waals surface area contributed by atoms with E-state index in [0.717, 1.165) is 52.1 Å². The number of anilines is 1. The summed E-state index contributed by atoms with van der Waals surface area (Å²) in [6.07, 6.45) is 1.71. The van der Waals surface area contributed by atoms with Crippen LogP contribution in [-0.4, -0.2) is 59.6 Å². The molecular weight excluding hydrogens is 458 g/mol. The van der Waals surface area contributed by atoms with Crippen LogP contribution in [0.15, 0.2) is 89.8 Å². The van der Waals surface area contributed by atoms with Crippen LogP contribution in [0.5, 0.6) is 0 Å². The van der Waals surface area contributed by atoms with Gasteiger partial charge in [-0.2, -0.15) is 0 Å². The number of thioether (sulfide) groups is 1. The number of amides is 3. The number of hydrogen-bond donors (Lipinski definition) is 0. The van der Waals surface area contributed by atoms with Crippen molar-refractivity contribution in [3.63, 3.8) is 0 Å². The van der Waals surface area contributed by atoms with Crippen molar-refractivity contribution in [2.75, 3.05) is 37.6 Å². The fourth-order valence-electron chi connectivity index (χ4n) is 4.28. The van der Waals surface area contributed by atoms with E-state index in [0.29, 0.717) is 18.0 Å². The van der Waals surface area contributed by atoms with Gasteiger partial charge in [0.2, 0.25) is 5.91 Å². The quantitative estimate of drug-likeness (QED) is 0.491. The summed E-state index contributed by atoms with van der Waals surface area (Å²) in [5.41, 5.74) is 4.15. The topological polar surface area (TPSA) is 60.9 Å². The van der Waals surface area contributed by atoms with E-state index in [4.69, 9.17) is 0 Å². The Balaban J connectivity index is 1.20. The average Bonchev–Trinajstić information content (AvgIpc) is 3.17. The highest BCUT2D eigenvalue weighted by Crippen LogP contribution is 2.32. The highest BCUT2D eigenvalue weighted by molar-refractivity contribution is 8.18. The van der Waals surface area contributed by atoms with Crippen molar-refractivity contribution in [3.8, 4) is 11.1 Å². The van der Waals surface area contributed by atoms with Gasteiger partial charge in [-0.3, -0.25) is 19.3 Å². The van der Waals surface area contributed by atoms with E-state index in [2.05, 4.69) is 17.0 Å². The summed E-state index contributed by atoms with van der Waals surface area (Å²) < 4.78 is 0. The fraction of sp³-hybridized carbons (Fsp3) is 0.179. The van der Waals surface area contributed by atoms with Crippen molar-refractivity contribution in [3.05, 3.63) is 95.4 Å². The normalized spacial score (nSPS) is 17.4. The molecule has 35 heavy (non-hydrogen) atoms. The number of piperazine rings is 1. The van der Waals surface area contributed by atoms with Gasteiger partial charge in [0.25, 0.3) is 11.1 Å². The minimum atomic E-state index is -0.414. The summed E-state index contributed by atoms with van der Waals surface area (Å²) in [5.74, 6) is -0.614. The van der Waals surface area contributed by atoms with Gasteiger partial charge < -0.3 is 9.80 Å². The van der Waals surface area contributed by atoms with E-state index in [9.17, 15) is 14.4 Å². The molecule has 0 saturated carbocycles. The van der Waals surface area contributed by atoms with Crippen LogP contribution in [0.2, 0.25) is 0 Å². The van der Waals surface area contributed by atoms with Crippen molar-refractivity contribution in [2.45, 2.75) is 0 Å². The van der Waals surface area contributed by atoms with E-state index in [-0.39, 0.29) is 12.5 Å². The molecule has 6 nitrogen and oxygen atoms in total. The second kappa shape index (κ2) is 10.2. The lowest BCUT2D eigenvalue weighted by Gasteiger charge is -2.36. The van der Waals surface area contributed by atoms with Gasteiger partial charge in [0, 0.05) is 31.9 Å². The summed E-state index contributed by atoms with van der Waals surface area (Å²) in [5, 5.41) is -0.404. The number of nitrogens with zero attached hydrogens (tertiary/aromatic N) is 3. The smallest absolute Gasteiger partial charge is 0.294 e. The molecule has 2 heterocycles. The van der Waals surface area contributed by atoms with Crippen LogP contribution in [0, 0.1) is 0 Å². The molecule has 0 aromatic heterocycles. The lowest BCUT2D eigenvalue weighted by molar-refractivity contribution is -0.136. The Hall–Kier alpha value is -3.84. The number of para-hydroxylation sites is 1. The SMILES string of the molecule is O=C(CN1C(=O)S/C(=C\c2ccc(-c3ccccc3)cc2)C1=O)N1CCN(c2ccccc2)CC1. The second-order valence-corrected chi connectivity index (χ2v) is 9.45. The Morgan fingerprint density at radius 1 is 0.771 bits per heavy atom. The third-order valence-electron chi connectivity index (χ3n) is 6.24. The monoisotopic (exact) mass is 483 g/mol. The molecule has 3 aromatic carbocycles. The maximum absolute atomic E-state index is 12.9. The third kappa shape index (κ3) is 5.15. The molecule has 176 valence electrons. The molecule has 2 fully saturated rings. The van der Waals surface area contributed by atoms with Crippen LogP contribution in [-0.2, 0) is 9.59 Å². The van der Waals surface area contributed by atoms with Crippen molar-refractivity contribution >= 4 is 40.6 Å². The summed E-state index contributed by atoms with van der Waals surface area (Å²) in [7, 11) is 0. The first-order chi connectivity index (χ1) is 17.1. The van der Waals surface area contributed by atoms with Gasteiger partial charge in [0.15, 0.2) is 0 Å². The third-order valence-corrected chi connectivity index (χ3v) is 7.14. The van der Waals surface area contributed by atoms with Crippen LogP contribution < -0.4 is 4.90 Å². The molecule has 0 atom stereocenters. The number of imide groups is 1. The predicted octanol–water partition coefficient (Wildman–Crippen LogP) is 4.74. The summed E-state index contributed by atoms with van der Waals surface area (Å²) in [4.78, 5) is 43.6. The van der Waals surface area contributed by atoms with Gasteiger partial charge in [-0.05, 0) is 46.7 Å². The van der Waals surface area contributed by atoms with Gasteiger partial charge in [0.05, 0.1) is 4.91 Å². The molecule has 0 N–H and O–H groups in total. The van der Waals surface area contributed by atoms with Gasteiger partial charge in [0.1, 0.15) is 6.54 Å². The minimum absolute atomic E-state index is 0.200. The van der Waals surface area contributed by atoms with Crippen molar-refractivity contribution < 1.29 is 14.4 Å². The van der Waals surface area contributed by atoms with Crippen molar-refractivity contribution in [1.82, 2.24) is 9.80 Å².